The minimum atomic E-state index is 0.0258. The lowest BCUT2D eigenvalue weighted by Gasteiger charge is -2.23. The molecule has 3 heterocycles. The van der Waals surface area contributed by atoms with Gasteiger partial charge in [0.15, 0.2) is 0 Å². The number of amides is 1. The van der Waals surface area contributed by atoms with E-state index in [1.807, 2.05) is 27.9 Å². The van der Waals surface area contributed by atoms with Crippen molar-refractivity contribution in [3.63, 3.8) is 0 Å². The van der Waals surface area contributed by atoms with Crippen LogP contribution in [0.4, 0.5) is 0 Å². The first kappa shape index (κ1) is 19.2. The highest BCUT2D eigenvalue weighted by Crippen LogP contribution is 2.19. The normalized spacial score (nSPS) is 22.5. The minimum absolute atomic E-state index is 0.0258. The number of ether oxygens (including phenoxy) is 1. The molecule has 4 rings (SSSR count). The van der Waals surface area contributed by atoms with Gasteiger partial charge in [-0.3, -0.25) is 9.48 Å². The average Bonchev–Trinajstić information content (AvgIpc) is 3.42. The fourth-order valence-corrected chi connectivity index (χ4v) is 4.10. The number of carbonyl (C=O) groups excluding carboxylic acids is 1. The van der Waals surface area contributed by atoms with Crippen molar-refractivity contribution in [2.24, 2.45) is 0 Å². The summed E-state index contributed by atoms with van der Waals surface area (Å²) in [7, 11) is 0. The molecular weight excluding hydrogens is 352 g/mol. The Morgan fingerprint density at radius 3 is 2.93 bits per heavy atom. The molecule has 28 heavy (non-hydrogen) atoms. The first-order valence-electron chi connectivity index (χ1n) is 10.5. The van der Waals surface area contributed by atoms with E-state index >= 15 is 0 Å². The van der Waals surface area contributed by atoms with Crippen LogP contribution in [-0.4, -0.2) is 59.5 Å². The molecule has 6 nitrogen and oxygen atoms in total. The van der Waals surface area contributed by atoms with E-state index in [0.717, 1.165) is 58.3 Å². The van der Waals surface area contributed by atoms with Crippen LogP contribution in [0.1, 0.15) is 47.8 Å². The SMILES string of the molecule is O=C(c1ccn(C2CCCNC2)n1)N1CCC(OCCCc2ccccc2)C1. The molecule has 2 fully saturated rings. The molecule has 2 aliphatic heterocycles. The van der Waals surface area contributed by atoms with Gasteiger partial charge in [-0.1, -0.05) is 30.3 Å². The number of rotatable bonds is 7. The molecule has 1 N–H and O–H groups in total. The molecule has 2 unspecified atom stereocenters. The number of piperidine rings is 1. The summed E-state index contributed by atoms with van der Waals surface area (Å²) in [6.07, 6.45) is 7.30. The largest absolute Gasteiger partial charge is 0.376 e. The van der Waals surface area contributed by atoms with E-state index in [1.54, 1.807) is 0 Å². The maximum absolute atomic E-state index is 12.8. The van der Waals surface area contributed by atoms with Crippen LogP contribution in [0.2, 0.25) is 0 Å². The van der Waals surface area contributed by atoms with Crippen molar-refractivity contribution < 1.29 is 9.53 Å². The highest BCUT2D eigenvalue weighted by atomic mass is 16.5. The van der Waals surface area contributed by atoms with E-state index in [2.05, 4.69) is 34.7 Å². The number of aryl methyl sites for hydroxylation is 1. The van der Waals surface area contributed by atoms with E-state index in [9.17, 15) is 4.79 Å². The highest BCUT2D eigenvalue weighted by molar-refractivity contribution is 5.92. The molecule has 1 aromatic carbocycles. The Morgan fingerprint density at radius 2 is 2.11 bits per heavy atom. The number of carbonyl (C=O) groups is 1. The molecule has 2 atom stereocenters. The smallest absolute Gasteiger partial charge is 0.274 e. The van der Waals surface area contributed by atoms with Crippen LogP contribution in [0, 0.1) is 0 Å². The third-order valence-electron chi connectivity index (χ3n) is 5.71. The molecule has 0 radical (unpaired) electrons. The van der Waals surface area contributed by atoms with Crippen molar-refractivity contribution in [2.45, 2.75) is 44.2 Å². The summed E-state index contributed by atoms with van der Waals surface area (Å²) in [6, 6.07) is 12.7. The maximum atomic E-state index is 12.8. The molecule has 0 bridgehead atoms. The minimum Gasteiger partial charge on any atom is -0.376 e. The molecular formula is C22H30N4O2. The first-order valence-corrected chi connectivity index (χ1v) is 10.5. The molecule has 6 heteroatoms. The van der Waals surface area contributed by atoms with Crippen molar-refractivity contribution in [3.05, 3.63) is 53.9 Å². The summed E-state index contributed by atoms with van der Waals surface area (Å²) in [6.45, 7) is 4.16. The van der Waals surface area contributed by atoms with Crippen molar-refractivity contribution in [2.75, 3.05) is 32.8 Å². The second-order valence-corrected chi connectivity index (χ2v) is 7.80. The van der Waals surface area contributed by atoms with Crippen LogP contribution in [0.5, 0.6) is 0 Å². The Labute approximate surface area is 166 Å². The first-order chi connectivity index (χ1) is 13.8. The van der Waals surface area contributed by atoms with Gasteiger partial charge in [0.2, 0.25) is 0 Å². The molecule has 2 aliphatic rings. The molecule has 2 saturated heterocycles. The molecule has 0 saturated carbocycles. The van der Waals surface area contributed by atoms with Crippen molar-refractivity contribution in [3.8, 4) is 0 Å². The number of nitrogens with one attached hydrogen (secondary N) is 1. The predicted molar refractivity (Wildman–Crippen MR) is 108 cm³/mol. The highest BCUT2D eigenvalue weighted by Gasteiger charge is 2.29. The summed E-state index contributed by atoms with van der Waals surface area (Å²) >= 11 is 0. The molecule has 0 aliphatic carbocycles. The Kier molecular flexibility index (Phi) is 6.39. The van der Waals surface area contributed by atoms with Gasteiger partial charge in [-0.15, -0.1) is 0 Å². The number of aromatic nitrogens is 2. The summed E-state index contributed by atoms with van der Waals surface area (Å²) in [5.41, 5.74) is 1.90. The molecule has 2 aromatic rings. The van der Waals surface area contributed by atoms with Crippen LogP contribution in [-0.2, 0) is 11.2 Å². The summed E-state index contributed by atoms with van der Waals surface area (Å²) < 4.78 is 7.96. The van der Waals surface area contributed by atoms with Crippen molar-refractivity contribution in [1.82, 2.24) is 20.0 Å². The number of likely N-dealkylation sites (tertiary alicyclic amines) is 1. The quantitative estimate of drug-likeness (QED) is 0.748. The topological polar surface area (TPSA) is 59.4 Å². The Balaban J connectivity index is 1.21. The molecule has 0 spiro atoms. The lowest BCUT2D eigenvalue weighted by Crippen LogP contribution is -2.33. The van der Waals surface area contributed by atoms with Gasteiger partial charge in [-0.25, -0.2) is 0 Å². The molecule has 150 valence electrons. The number of hydrogen-bond donors (Lipinski definition) is 1. The second-order valence-electron chi connectivity index (χ2n) is 7.80. The predicted octanol–water partition coefficient (Wildman–Crippen LogP) is 2.67. The third kappa shape index (κ3) is 4.80. The van der Waals surface area contributed by atoms with Gasteiger partial charge in [0, 0.05) is 32.4 Å². The van der Waals surface area contributed by atoms with Gasteiger partial charge < -0.3 is 15.0 Å². The second kappa shape index (κ2) is 9.34. The van der Waals surface area contributed by atoms with Gasteiger partial charge in [0.25, 0.3) is 5.91 Å². The van der Waals surface area contributed by atoms with Gasteiger partial charge in [-0.05, 0) is 50.3 Å². The summed E-state index contributed by atoms with van der Waals surface area (Å²) in [5.74, 6) is 0.0258. The Morgan fingerprint density at radius 1 is 1.21 bits per heavy atom. The van der Waals surface area contributed by atoms with E-state index < -0.39 is 0 Å². The zero-order valence-corrected chi connectivity index (χ0v) is 16.4. The fraction of sp³-hybridized carbons (Fsp3) is 0.545. The van der Waals surface area contributed by atoms with E-state index in [-0.39, 0.29) is 12.0 Å². The third-order valence-corrected chi connectivity index (χ3v) is 5.71. The number of benzene rings is 1. The van der Waals surface area contributed by atoms with Crippen LogP contribution >= 0.6 is 0 Å². The van der Waals surface area contributed by atoms with Gasteiger partial charge in [0.05, 0.1) is 12.1 Å². The summed E-state index contributed by atoms with van der Waals surface area (Å²) in [5, 5.41) is 7.95. The van der Waals surface area contributed by atoms with E-state index in [0.29, 0.717) is 18.3 Å². The van der Waals surface area contributed by atoms with Gasteiger partial charge in [-0.2, -0.15) is 5.10 Å². The van der Waals surface area contributed by atoms with Gasteiger partial charge >= 0.3 is 0 Å². The summed E-state index contributed by atoms with van der Waals surface area (Å²) in [4.78, 5) is 14.7. The molecule has 1 amide bonds. The Bertz CT molecular complexity index is 755. The van der Waals surface area contributed by atoms with Crippen LogP contribution in [0.3, 0.4) is 0 Å². The van der Waals surface area contributed by atoms with Crippen molar-refractivity contribution in [1.29, 1.82) is 0 Å². The van der Waals surface area contributed by atoms with Crippen molar-refractivity contribution >= 4 is 5.91 Å². The van der Waals surface area contributed by atoms with Crippen LogP contribution in [0.15, 0.2) is 42.6 Å². The lowest BCUT2D eigenvalue weighted by atomic mass is 10.1. The number of nitrogens with zero attached hydrogens (tertiary/aromatic N) is 3. The van der Waals surface area contributed by atoms with E-state index in [4.69, 9.17) is 4.74 Å². The maximum Gasteiger partial charge on any atom is 0.274 e. The number of hydrogen-bond acceptors (Lipinski definition) is 4. The molecule has 1 aromatic heterocycles. The monoisotopic (exact) mass is 382 g/mol. The Hall–Kier alpha value is -2.18. The van der Waals surface area contributed by atoms with Gasteiger partial charge in [0.1, 0.15) is 5.69 Å². The zero-order chi connectivity index (χ0) is 19.2. The zero-order valence-electron chi connectivity index (χ0n) is 16.4. The van der Waals surface area contributed by atoms with Crippen LogP contribution < -0.4 is 5.32 Å². The van der Waals surface area contributed by atoms with E-state index in [1.165, 1.54) is 5.56 Å². The fourth-order valence-electron chi connectivity index (χ4n) is 4.10. The van der Waals surface area contributed by atoms with Crippen LogP contribution in [0.25, 0.3) is 0 Å². The lowest BCUT2D eigenvalue weighted by molar-refractivity contribution is 0.0522. The standard InChI is InChI=1S/C22H30N4O2/c27-22(21-11-14-26(24-21)19-9-4-12-23-16-19)25-13-10-20(17-25)28-15-5-8-18-6-2-1-3-7-18/h1-3,6-7,11,14,19-20,23H,4-5,8-10,12-13,15-17H2. The average molecular weight is 383 g/mol.